The molecule has 0 spiro atoms. The first-order chi connectivity index (χ1) is 11.7. The van der Waals surface area contributed by atoms with Crippen LogP contribution in [0.15, 0.2) is 47.2 Å². The monoisotopic (exact) mass is 340 g/mol. The average Bonchev–Trinajstić information content (AvgIpc) is 3.13. The molecule has 0 radical (unpaired) electrons. The predicted molar refractivity (Wildman–Crippen MR) is 95.9 cm³/mol. The maximum atomic E-state index is 12.4. The summed E-state index contributed by atoms with van der Waals surface area (Å²) in [6.45, 7) is 3.49. The van der Waals surface area contributed by atoms with Crippen molar-refractivity contribution in [2.24, 2.45) is 0 Å². The Labute approximate surface area is 146 Å². The van der Waals surface area contributed by atoms with Crippen LogP contribution >= 0.6 is 11.3 Å². The molecule has 0 bridgehead atoms. The van der Waals surface area contributed by atoms with Crippen LogP contribution in [0.1, 0.15) is 24.2 Å². The number of carbonyl (C=O) groups is 1. The van der Waals surface area contributed by atoms with Gasteiger partial charge in [0.2, 0.25) is 0 Å². The Bertz CT molecular complexity index is 719. The number of hydrogen-bond donors (Lipinski definition) is 1. The average molecular weight is 340 g/mol. The molecule has 1 aromatic carbocycles. The molecule has 124 valence electrons. The summed E-state index contributed by atoms with van der Waals surface area (Å²) in [7, 11) is 0. The Balaban J connectivity index is 1.53. The lowest BCUT2D eigenvalue weighted by Crippen LogP contribution is -2.49. The van der Waals surface area contributed by atoms with E-state index in [4.69, 9.17) is 4.74 Å². The van der Waals surface area contributed by atoms with Crippen molar-refractivity contribution in [1.82, 2.24) is 10.2 Å². The molecule has 1 saturated heterocycles. The van der Waals surface area contributed by atoms with Crippen molar-refractivity contribution in [3.63, 3.8) is 0 Å². The van der Waals surface area contributed by atoms with Crippen LogP contribution in [-0.2, 0) is 4.74 Å². The normalized spacial score (nSPS) is 20.1. The molecule has 1 N–H and O–H groups in total. The first kappa shape index (κ1) is 16.6. The van der Waals surface area contributed by atoms with Crippen LogP contribution in [0, 0.1) is 11.8 Å². The lowest BCUT2D eigenvalue weighted by Gasteiger charge is -2.36. The largest absolute Gasteiger partial charge is 0.367 e. The molecular weight excluding hydrogens is 320 g/mol. The van der Waals surface area contributed by atoms with Gasteiger partial charge in [0.1, 0.15) is 6.10 Å². The highest BCUT2D eigenvalue weighted by molar-refractivity contribution is 7.07. The van der Waals surface area contributed by atoms with Gasteiger partial charge in [-0.2, -0.15) is 11.3 Å². The Kier molecular flexibility index (Phi) is 5.52. The van der Waals surface area contributed by atoms with Gasteiger partial charge in [0.25, 0.3) is 0 Å². The number of benzene rings is 1. The third-order valence-corrected chi connectivity index (χ3v) is 4.50. The van der Waals surface area contributed by atoms with E-state index in [9.17, 15) is 4.79 Å². The lowest BCUT2D eigenvalue weighted by molar-refractivity contribution is -0.0654. The molecule has 1 aromatic heterocycles. The van der Waals surface area contributed by atoms with Crippen molar-refractivity contribution in [3.05, 3.63) is 58.3 Å². The van der Waals surface area contributed by atoms with Gasteiger partial charge in [-0.25, -0.2) is 4.79 Å². The Morgan fingerprint density at radius 3 is 2.92 bits per heavy atom. The minimum Gasteiger partial charge on any atom is -0.367 e. The molecule has 2 heterocycles. The summed E-state index contributed by atoms with van der Waals surface area (Å²) >= 11 is 1.64. The zero-order chi connectivity index (χ0) is 16.8. The molecule has 1 fully saturated rings. The van der Waals surface area contributed by atoms with Gasteiger partial charge >= 0.3 is 6.03 Å². The summed E-state index contributed by atoms with van der Waals surface area (Å²) in [4.78, 5) is 14.2. The van der Waals surface area contributed by atoms with Crippen molar-refractivity contribution in [1.29, 1.82) is 0 Å². The lowest BCUT2D eigenvalue weighted by atomic mass is 10.1. The predicted octanol–water partition coefficient (Wildman–Crippen LogP) is 3.27. The van der Waals surface area contributed by atoms with E-state index in [0.717, 1.165) is 11.1 Å². The SMILES string of the molecule is C[C@@H]1CN(C(=O)NCC#Cc2ccccc2)C[C@H](c2ccsc2)O1. The van der Waals surface area contributed by atoms with Crippen LogP contribution in [0.4, 0.5) is 4.79 Å². The molecule has 2 atom stereocenters. The van der Waals surface area contributed by atoms with Gasteiger partial charge in [-0.3, -0.25) is 0 Å². The zero-order valence-electron chi connectivity index (χ0n) is 13.6. The van der Waals surface area contributed by atoms with Crippen molar-refractivity contribution in [2.75, 3.05) is 19.6 Å². The summed E-state index contributed by atoms with van der Waals surface area (Å²) in [5, 5.41) is 6.97. The van der Waals surface area contributed by atoms with E-state index >= 15 is 0 Å². The molecule has 2 amide bonds. The molecule has 24 heavy (non-hydrogen) atoms. The minimum atomic E-state index is -0.0901. The second-order valence-electron chi connectivity index (χ2n) is 5.72. The molecule has 1 aliphatic rings. The Hall–Kier alpha value is -2.29. The third kappa shape index (κ3) is 4.38. The van der Waals surface area contributed by atoms with Crippen LogP contribution in [0.3, 0.4) is 0 Å². The first-order valence-electron chi connectivity index (χ1n) is 7.96. The summed E-state index contributed by atoms with van der Waals surface area (Å²) in [5.41, 5.74) is 2.08. The van der Waals surface area contributed by atoms with E-state index in [0.29, 0.717) is 19.6 Å². The minimum absolute atomic E-state index is 0.0183. The number of carbonyl (C=O) groups excluding carboxylic acids is 1. The Morgan fingerprint density at radius 1 is 1.33 bits per heavy atom. The van der Waals surface area contributed by atoms with E-state index in [1.165, 1.54) is 0 Å². The van der Waals surface area contributed by atoms with Crippen molar-refractivity contribution in [2.45, 2.75) is 19.1 Å². The summed E-state index contributed by atoms with van der Waals surface area (Å²) < 4.78 is 5.95. The van der Waals surface area contributed by atoms with Gasteiger partial charge in [-0.05, 0) is 41.4 Å². The number of rotatable bonds is 2. The van der Waals surface area contributed by atoms with E-state index in [-0.39, 0.29) is 18.2 Å². The van der Waals surface area contributed by atoms with Crippen LogP contribution in [0.5, 0.6) is 0 Å². The third-order valence-electron chi connectivity index (χ3n) is 3.80. The summed E-state index contributed by atoms with van der Waals surface area (Å²) in [6.07, 6.45) is -0.0362. The van der Waals surface area contributed by atoms with Gasteiger partial charge in [0, 0.05) is 12.1 Å². The molecule has 1 aliphatic heterocycles. The maximum Gasteiger partial charge on any atom is 0.318 e. The smallest absolute Gasteiger partial charge is 0.318 e. The molecule has 5 heteroatoms. The number of amides is 2. The van der Waals surface area contributed by atoms with E-state index in [1.807, 2.05) is 42.6 Å². The maximum absolute atomic E-state index is 12.4. The van der Waals surface area contributed by atoms with E-state index in [1.54, 1.807) is 16.2 Å². The van der Waals surface area contributed by atoms with Gasteiger partial charge in [-0.1, -0.05) is 30.0 Å². The fraction of sp³-hybridized carbons (Fsp3) is 0.316. The molecular formula is C19H20N2O2S. The number of nitrogens with zero attached hydrogens (tertiary/aromatic N) is 1. The fourth-order valence-corrected chi connectivity index (χ4v) is 3.36. The molecule has 3 rings (SSSR count). The number of morpholine rings is 1. The number of ether oxygens (including phenoxy) is 1. The summed E-state index contributed by atoms with van der Waals surface area (Å²) in [5.74, 6) is 6.02. The van der Waals surface area contributed by atoms with Crippen LogP contribution in [-0.4, -0.2) is 36.7 Å². The number of thiophene rings is 1. The fourth-order valence-electron chi connectivity index (χ4n) is 2.66. The quantitative estimate of drug-likeness (QED) is 0.853. The highest BCUT2D eigenvalue weighted by Crippen LogP contribution is 2.26. The van der Waals surface area contributed by atoms with Gasteiger partial charge in [-0.15, -0.1) is 0 Å². The highest BCUT2D eigenvalue weighted by atomic mass is 32.1. The molecule has 2 aromatic rings. The Morgan fingerprint density at radius 2 is 2.17 bits per heavy atom. The van der Waals surface area contributed by atoms with Crippen LogP contribution in [0.25, 0.3) is 0 Å². The molecule has 0 saturated carbocycles. The molecule has 4 nitrogen and oxygen atoms in total. The van der Waals surface area contributed by atoms with Gasteiger partial charge in [0.05, 0.1) is 19.2 Å². The van der Waals surface area contributed by atoms with Crippen molar-refractivity contribution < 1.29 is 9.53 Å². The first-order valence-corrected chi connectivity index (χ1v) is 8.91. The second-order valence-corrected chi connectivity index (χ2v) is 6.50. The molecule has 0 unspecified atom stereocenters. The standard InChI is InChI=1S/C19H20N2O2S/c1-15-12-21(13-18(23-15)17-9-11-24-14-17)19(22)20-10-5-8-16-6-3-2-4-7-16/h2-4,6-7,9,11,14-15,18H,10,12-13H2,1H3,(H,20,22)/t15-,18-/m1/s1. The van der Waals surface area contributed by atoms with E-state index in [2.05, 4.69) is 28.6 Å². The molecule has 0 aliphatic carbocycles. The van der Waals surface area contributed by atoms with E-state index < -0.39 is 0 Å². The number of hydrogen-bond acceptors (Lipinski definition) is 3. The number of urea groups is 1. The zero-order valence-corrected chi connectivity index (χ0v) is 14.4. The number of nitrogens with one attached hydrogen (secondary N) is 1. The van der Waals surface area contributed by atoms with Gasteiger partial charge in [0.15, 0.2) is 0 Å². The highest BCUT2D eigenvalue weighted by Gasteiger charge is 2.29. The summed E-state index contributed by atoms with van der Waals surface area (Å²) in [6, 6.07) is 11.7. The van der Waals surface area contributed by atoms with Crippen molar-refractivity contribution >= 4 is 17.4 Å². The van der Waals surface area contributed by atoms with Crippen LogP contribution in [0.2, 0.25) is 0 Å². The second kappa shape index (κ2) is 8.00. The topological polar surface area (TPSA) is 41.6 Å². The van der Waals surface area contributed by atoms with Crippen LogP contribution < -0.4 is 5.32 Å². The van der Waals surface area contributed by atoms with Gasteiger partial charge < -0.3 is 15.0 Å². The van der Waals surface area contributed by atoms with Crippen molar-refractivity contribution in [3.8, 4) is 11.8 Å².